The van der Waals surface area contributed by atoms with E-state index in [0.29, 0.717) is 5.56 Å². The highest BCUT2D eigenvalue weighted by molar-refractivity contribution is 6.18. The molecule has 142 valence electrons. The van der Waals surface area contributed by atoms with Gasteiger partial charge in [0.2, 0.25) is 5.91 Å². The van der Waals surface area contributed by atoms with E-state index in [4.69, 9.17) is 5.73 Å². The van der Waals surface area contributed by atoms with Crippen LogP contribution in [-0.4, -0.2) is 10.5 Å². The van der Waals surface area contributed by atoms with Gasteiger partial charge < -0.3 is 10.3 Å². The van der Waals surface area contributed by atoms with E-state index in [-0.39, 0.29) is 5.91 Å². The van der Waals surface area contributed by atoms with Gasteiger partial charge in [-0.1, -0.05) is 55.8 Å². The van der Waals surface area contributed by atoms with Gasteiger partial charge in [-0.15, -0.1) is 0 Å². The number of nitrogens with two attached hydrogens (primary N) is 1. The summed E-state index contributed by atoms with van der Waals surface area (Å²) in [7, 11) is 0. The molecule has 1 heterocycles. The molecule has 0 aliphatic rings. The van der Waals surface area contributed by atoms with Crippen LogP contribution in [0.5, 0.6) is 0 Å². The number of nitrogens with zero attached hydrogens (tertiary/aromatic N) is 1. The first kappa shape index (κ1) is 18.3. The Bertz CT molecular complexity index is 1170. The molecular weight excluding hydrogens is 344 g/mol. The number of amides is 1. The zero-order valence-corrected chi connectivity index (χ0v) is 16.5. The van der Waals surface area contributed by atoms with Crippen molar-refractivity contribution in [3.63, 3.8) is 0 Å². The number of carbonyl (C=O) groups excluding carboxylic acids is 1. The minimum absolute atomic E-state index is 0.379. The summed E-state index contributed by atoms with van der Waals surface area (Å²) in [5.74, 6) is -0.379. The molecule has 3 nitrogen and oxygen atoms in total. The summed E-state index contributed by atoms with van der Waals surface area (Å²) in [4.78, 5) is 12.1. The molecule has 3 heteroatoms. The molecule has 28 heavy (non-hydrogen) atoms. The van der Waals surface area contributed by atoms with E-state index in [2.05, 4.69) is 66.9 Å². The summed E-state index contributed by atoms with van der Waals surface area (Å²) in [6, 6.07) is 20.9. The van der Waals surface area contributed by atoms with E-state index in [1.54, 1.807) is 0 Å². The van der Waals surface area contributed by atoms with Gasteiger partial charge in [0.1, 0.15) is 0 Å². The predicted octanol–water partition coefficient (Wildman–Crippen LogP) is 5.59. The average Bonchev–Trinajstić information content (AvgIpc) is 3.01. The Morgan fingerprint density at radius 2 is 1.82 bits per heavy atom. The van der Waals surface area contributed by atoms with Crippen molar-refractivity contribution >= 4 is 27.7 Å². The monoisotopic (exact) mass is 370 g/mol. The summed E-state index contributed by atoms with van der Waals surface area (Å²) in [6.45, 7) is 5.13. The fourth-order valence-corrected chi connectivity index (χ4v) is 4.06. The third kappa shape index (κ3) is 3.18. The Balaban J connectivity index is 1.99. The lowest BCUT2D eigenvalue weighted by atomic mass is 10.0. The van der Waals surface area contributed by atoms with E-state index in [1.807, 2.05) is 12.1 Å². The topological polar surface area (TPSA) is 48.0 Å². The van der Waals surface area contributed by atoms with Crippen molar-refractivity contribution in [3.8, 4) is 0 Å². The first-order valence-electron chi connectivity index (χ1n) is 9.98. The molecule has 4 rings (SSSR count). The van der Waals surface area contributed by atoms with Crippen LogP contribution in [0.15, 0.2) is 60.7 Å². The van der Waals surface area contributed by atoms with Crippen LogP contribution in [0, 0.1) is 6.92 Å². The van der Waals surface area contributed by atoms with Gasteiger partial charge in [-0.2, -0.15) is 0 Å². The second-order valence-corrected chi connectivity index (χ2v) is 7.53. The van der Waals surface area contributed by atoms with E-state index >= 15 is 0 Å². The number of fused-ring (bicyclic) bond motifs is 3. The molecule has 0 spiro atoms. The van der Waals surface area contributed by atoms with E-state index in [0.717, 1.165) is 29.3 Å². The van der Waals surface area contributed by atoms with Gasteiger partial charge >= 0.3 is 0 Å². The van der Waals surface area contributed by atoms with Crippen molar-refractivity contribution in [2.24, 2.45) is 5.73 Å². The highest BCUT2D eigenvalue weighted by atomic mass is 16.1. The number of aryl methyl sites for hydroxylation is 2. The smallest absolute Gasteiger partial charge is 0.249 e. The van der Waals surface area contributed by atoms with Gasteiger partial charge in [-0.25, -0.2) is 0 Å². The molecule has 4 aromatic rings. The summed E-state index contributed by atoms with van der Waals surface area (Å²) >= 11 is 0. The van der Waals surface area contributed by atoms with Crippen LogP contribution in [0.1, 0.15) is 46.8 Å². The van der Waals surface area contributed by atoms with Gasteiger partial charge in [0.05, 0.1) is 5.52 Å². The third-order valence-corrected chi connectivity index (χ3v) is 5.63. The molecule has 0 radical (unpaired) electrons. The van der Waals surface area contributed by atoms with Gasteiger partial charge in [-0.05, 0) is 54.7 Å². The van der Waals surface area contributed by atoms with Crippen molar-refractivity contribution in [1.82, 2.24) is 4.57 Å². The van der Waals surface area contributed by atoms with Crippen LogP contribution in [0.2, 0.25) is 0 Å². The molecule has 0 bridgehead atoms. The number of primary amides is 1. The molecule has 0 saturated carbocycles. The maximum Gasteiger partial charge on any atom is 0.249 e. The minimum Gasteiger partial charge on any atom is -0.366 e. The molecule has 1 amide bonds. The molecule has 0 fully saturated rings. The first-order chi connectivity index (χ1) is 13.6. The SMILES string of the molecule is CCCCc1ccc2c3c(C(N)=O)cccc3n(Cc3ccccc3C)c2c1. The standard InChI is InChI=1S/C25H26N2O/c1-3-4-9-18-13-14-20-23(15-18)27(16-19-10-6-5-8-17(19)2)22-12-7-11-21(24(20)22)25(26)28/h5-8,10-15H,3-4,9,16H2,1-2H3,(H2,26,28). The van der Waals surface area contributed by atoms with Crippen molar-refractivity contribution in [2.45, 2.75) is 39.7 Å². The molecule has 1 aromatic heterocycles. The van der Waals surface area contributed by atoms with E-state index in [9.17, 15) is 4.79 Å². The lowest BCUT2D eigenvalue weighted by molar-refractivity contribution is 0.100. The Morgan fingerprint density at radius 1 is 1.00 bits per heavy atom. The predicted molar refractivity (Wildman–Crippen MR) is 117 cm³/mol. The van der Waals surface area contributed by atoms with Crippen LogP contribution in [0.4, 0.5) is 0 Å². The van der Waals surface area contributed by atoms with Crippen LogP contribution < -0.4 is 5.73 Å². The van der Waals surface area contributed by atoms with Gasteiger partial charge in [0, 0.05) is 28.4 Å². The molecular formula is C25H26N2O. The van der Waals surface area contributed by atoms with Crippen molar-refractivity contribution in [3.05, 3.63) is 82.9 Å². The molecule has 0 unspecified atom stereocenters. The first-order valence-corrected chi connectivity index (χ1v) is 9.98. The largest absolute Gasteiger partial charge is 0.366 e. The maximum atomic E-state index is 12.1. The number of aromatic nitrogens is 1. The second-order valence-electron chi connectivity index (χ2n) is 7.53. The van der Waals surface area contributed by atoms with Gasteiger partial charge in [-0.3, -0.25) is 4.79 Å². The fraction of sp³-hybridized carbons (Fsp3) is 0.240. The van der Waals surface area contributed by atoms with Crippen molar-refractivity contribution in [1.29, 1.82) is 0 Å². The number of rotatable bonds is 6. The van der Waals surface area contributed by atoms with Gasteiger partial charge in [0.25, 0.3) is 0 Å². The zero-order chi connectivity index (χ0) is 19.7. The van der Waals surface area contributed by atoms with E-state index in [1.165, 1.54) is 35.0 Å². The van der Waals surface area contributed by atoms with Gasteiger partial charge in [0.15, 0.2) is 0 Å². The van der Waals surface area contributed by atoms with E-state index < -0.39 is 0 Å². The Kier molecular flexibility index (Phi) is 4.91. The van der Waals surface area contributed by atoms with Crippen LogP contribution >= 0.6 is 0 Å². The maximum absolute atomic E-state index is 12.1. The zero-order valence-electron chi connectivity index (χ0n) is 16.5. The Hall–Kier alpha value is -3.07. The quantitative estimate of drug-likeness (QED) is 0.472. The summed E-state index contributed by atoms with van der Waals surface area (Å²) in [5, 5.41) is 2.05. The molecule has 3 aromatic carbocycles. The average molecular weight is 370 g/mol. The molecule has 0 aliphatic carbocycles. The minimum atomic E-state index is -0.379. The van der Waals surface area contributed by atoms with Crippen LogP contribution in [0.3, 0.4) is 0 Å². The summed E-state index contributed by atoms with van der Waals surface area (Å²) < 4.78 is 2.33. The number of carbonyl (C=O) groups is 1. The summed E-state index contributed by atoms with van der Waals surface area (Å²) in [6.07, 6.45) is 3.42. The molecule has 0 saturated heterocycles. The second kappa shape index (κ2) is 7.51. The molecule has 0 aliphatic heterocycles. The third-order valence-electron chi connectivity index (χ3n) is 5.63. The number of unbranched alkanes of at least 4 members (excludes halogenated alkanes) is 1. The normalized spacial score (nSPS) is 11.4. The lowest BCUT2D eigenvalue weighted by Gasteiger charge is -2.11. The Morgan fingerprint density at radius 3 is 2.57 bits per heavy atom. The van der Waals surface area contributed by atoms with Crippen LogP contribution in [0.25, 0.3) is 21.8 Å². The highest BCUT2D eigenvalue weighted by Crippen LogP contribution is 2.33. The number of hydrogen-bond acceptors (Lipinski definition) is 1. The lowest BCUT2D eigenvalue weighted by Crippen LogP contribution is -2.11. The molecule has 2 N–H and O–H groups in total. The van der Waals surface area contributed by atoms with Crippen LogP contribution in [-0.2, 0) is 13.0 Å². The fourth-order valence-electron chi connectivity index (χ4n) is 4.06. The van der Waals surface area contributed by atoms with Crippen molar-refractivity contribution in [2.75, 3.05) is 0 Å². The highest BCUT2D eigenvalue weighted by Gasteiger charge is 2.17. The Labute approximate surface area is 165 Å². The number of hydrogen-bond donors (Lipinski definition) is 1. The number of benzene rings is 3. The molecule has 0 atom stereocenters. The van der Waals surface area contributed by atoms with Crippen molar-refractivity contribution < 1.29 is 4.79 Å². The summed E-state index contributed by atoms with van der Waals surface area (Å²) in [5.41, 5.74) is 12.4.